The van der Waals surface area contributed by atoms with Crippen LogP contribution in [-0.4, -0.2) is 9.78 Å². The second-order valence-electron chi connectivity index (χ2n) is 5.02. The van der Waals surface area contributed by atoms with Gasteiger partial charge in [0, 0.05) is 34.2 Å². The minimum Gasteiger partial charge on any atom is -0.324 e. The number of hydrogen-bond donors (Lipinski definition) is 1. The van der Waals surface area contributed by atoms with Gasteiger partial charge in [-0.25, -0.2) is 0 Å². The van der Waals surface area contributed by atoms with E-state index < -0.39 is 0 Å². The molecule has 0 radical (unpaired) electrons. The van der Waals surface area contributed by atoms with E-state index in [0.29, 0.717) is 17.5 Å². The molecule has 2 rings (SSSR count). The highest BCUT2D eigenvalue weighted by Gasteiger charge is 2.14. The molecule has 5 heteroatoms. The third kappa shape index (κ3) is 3.62. The van der Waals surface area contributed by atoms with Crippen LogP contribution in [-0.2, 0) is 6.42 Å². The Morgan fingerprint density at radius 1 is 1.40 bits per heavy atom. The fourth-order valence-electron chi connectivity index (χ4n) is 2.05. The highest BCUT2D eigenvalue weighted by molar-refractivity contribution is 9.10. The summed E-state index contributed by atoms with van der Waals surface area (Å²) >= 11 is 9.66. The average Bonchev–Trinajstić information content (AvgIpc) is 2.89. The molecule has 0 saturated carbocycles. The number of aromatic nitrogens is 2. The van der Waals surface area contributed by atoms with Gasteiger partial charge in [0.2, 0.25) is 0 Å². The smallest absolute Gasteiger partial charge is 0.0643 e. The molecule has 1 aromatic carbocycles. The maximum absolute atomic E-state index is 6.26. The number of rotatable bonds is 5. The summed E-state index contributed by atoms with van der Waals surface area (Å²) in [5, 5.41) is 5.28. The van der Waals surface area contributed by atoms with Crippen LogP contribution in [0.2, 0.25) is 5.02 Å². The van der Waals surface area contributed by atoms with Crippen LogP contribution in [0.1, 0.15) is 43.6 Å². The van der Waals surface area contributed by atoms with Crippen molar-refractivity contribution in [3.8, 4) is 0 Å². The Morgan fingerprint density at radius 2 is 2.15 bits per heavy atom. The lowest BCUT2D eigenvalue weighted by atomic mass is 10.0. The van der Waals surface area contributed by atoms with Gasteiger partial charge in [-0.05, 0) is 43.2 Å². The van der Waals surface area contributed by atoms with E-state index in [1.54, 1.807) is 0 Å². The van der Waals surface area contributed by atoms with Crippen LogP contribution in [0.3, 0.4) is 0 Å². The predicted molar refractivity (Wildman–Crippen MR) is 87.0 cm³/mol. The normalized spacial score (nSPS) is 14.2. The zero-order valence-corrected chi connectivity index (χ0v) is 14.0. The molecule has 2 atom stereocenters. The van der Waals surface area contributed by atoms with Crippen LogP contribution in [0, 0.1) is 0 Å². The number of hydrogen-bond acceptors (Lipinski definition) is 2. The topological polar surface area (TPSA) is 43.8 Å². The highest BCUT2D eigenvalue weighted by atomic mass is 79.9. The minimum absolute atomic E-state index is 0.153. The summed E-state index contributed by atoms with van der Waals surface area (Å²) < 4.78 is 2.97. The summed E-state index contributed by atoms with van der Waals surface area (Å²) in [5.74, 6) is 0. The van der Waals surface area contributed by atoms with Crippen molar-refractivity contribution < 1.29 is 0 Å². The molecule has 0 fully saturated rings. The highest BCUT2D eigenvalue weighted by Crippen LogP contribution is 2.27. The molecule has 20 heavy (non-hydrogen) atoms. The van der Waals surface area contributed by atoms with Crippen molar-refractivity contribution in [2.45, 2.75) is 38.8 Å². The second kappa shape index (κ2) is 6.74. The Labute approximate surface area is 133 Å². The molecular formula is C15H19BrClN3. The number of halogens is 2. The fraction of sp³-hybridized carbons (Fsp3) is 0.400. The van der Waals surface area contributed by atoms with E-state index in [0.717, 1.165) is 22.2 Å². The Morgan fingerprint density at radius 3 is 2.85 bits per heavy atom. The first-order chi connectivity index (χ1) is 9.51. The van der Waals surface area contributed by atoms with Crippen molar-refractivity contribution in [2.24, 2.45) is 5.73 Å². The molecule has 2 unspecified atom stereocenters. The van der Waals surface area contributed by atoms with Gasteiger partial charge in [-0.3, -0.25) is 4.68 Å². The molecule has 0 aliphatic rings. The Hall–Kier alpha value is -0.840. The Balaban J connectivity index is 2.13. The molecule has 1 aromatic heterocycles. The van der Waals surface area contributed by atoms with Crippen molar-refractivity contribution in [3.05, 3.63) is 51.2 Å². The van der Waals surface area contributed by atoms with E-state index in [1.165, 1.54) is 0 Å². The first-order valence-corrected chi connectivity index (χ1v) is 7.93. The number of nitrogens with two attached hydrogens (primary N) is 1. The van der Waals surface area contributed by atoms with Crippen LogP contribution in [0.4, 0.5) is 0 Å². The standard InChI is InChI=1S/C15H19BrClN3/c1-3-10(2)20-7-6-12(19-20)9-15(18)13-8-11(16)4-5-14(13)17/h4-8,10,15H,3,9,18H2,1-2H3. The fourth-order valence-corrected chi connectivity index (χ4v) is 2.69. The van der Waals surface area contributed by atoms with Gasteiger partial charge in [-0.1, -0.05) is 34.5 Å². The third-order valence-electron chi connectivity index (χ3n) is 3.49. The van der Waals surface area contributed by atoms with Gasteiger partial charge >= 0.3 is 0 Å². The minimum atomic E-state index is -0.153. The van der Waals surface area contributed by atoms with Gasteiger partial charge in [0.15, 0.2) is 0 Å². The molecule has 0 saturated heterocycles. The number of nitrogens with zero attached hydrogens (tertiary/aromatic N) is 2. The van der Waals surface area contributed by atoms with Crippen LogP contribution >= 0.6 is 27.5 Å². The van der Waals surface area contributed by atoms with E-state index in [9.17, 15) is 0 Å². The lowest BCUT2D eigenvalue weighted by Gasteiger charge is -2.13. The van der Waals surface area contributed by atoms with Gasteiger partial charge in [0.05, 0.1) is 5.69 Å². The molecule has 0 aliphatic heterocycles. The first kappa shape index (κ1) is 15.5. The van der Waals surface area contributed by atoms with Gasteiger partial charge in [-0.2, -0.15) is 5.10 Å². The van der Waals surface area contributed by atoms with Crippen molar-refractivity contribution in [1.29, 1.82) is 0 Å². The maximum atomic E-state index is 6.26. The third-order valence-corrected chi connectivity index (χ3v) is 4.33. The quantitative estimate of drug-likeness (QED) is 0.856. The lowest BCUT2D eigenvalue weighted by Crippen LogP contribution is -2.15. The summed E-state index contributed by atoms with van der Waals surface area (Å²) in [6.07, 6.45) is 3.75. The summed E-state index contributed by atoms with van der Waals surface area (Å²) in [6.45, 7) is 4.31. The van der Waals surface area contributed by atoms with E-state index in [4.69, 9.17) is 17.3 Å². The van der Waals surface area contributed by atoms with Gasteiger partial charge < -0.3 is 5.73 Å². The van der Waals surface area contributed by atoms with Crippen molar-refractivity contribution in [1.82, 2.24) is 9.78 Å². The second-order valence-corrected chi connectivity index (χ2v) is 6.34. The van der Waals surface area contributed by atoms with E-state index in [-0.39, 0.29) is 6.04 Å². The van der Waals surface area contributed by atoms with Crippen molar-refractivity contribution in [2.75, 3.05) is 0 Å². The SMILES string of the molecule is CCC(C)n1ccc(CC(N)c2cc(Br)ccc2Cl)n1. The lowest BCUT2D eigenvalue weighted by molar-refractivity contribution is 0.472. The molecule has 0 aliphatic carbocycles. The van der Waals surface area contributed by atoms with Crippen molar-refractivity contribution >= 4 is 27.5 Å². The van der Waals surface area contributed by atoms with Crippen LogP contribution in [0.15, 0.2) is 34.9 Å². The zero-order chi connectivity index (χ0) is 14.7. The Bertz CT molecular complexity index is 582. The van der Waals surface area contributed by atoms with Gasteiger partial charge in [0.1, 0.15) is 0 Å². The molecular weight excluding hydrogens is 338 g/mol. The summed E-state index contributed by atoms with van der Waals surface area (Å²) in [5.41, 5.74) is 8.20. The van der Waals surface area contributed by atoms with Crippen molar-refractivity contribution in [3.63, 3.8) is 0 Å². The largest absolute Gasteiger partial charge is 0.324 e. The van der Waals surface area contributed by atoms with E-state index in [1.807, 2.05) is 35.1 Å². The summed E-state index contributed by atoms with van der Waals surface area (Å²) in [4.78, 5) is 0. The van der Waals surface area contributed by atoms with E-state index in [2.05, 4.69) is 34.9 Å². The monoisotopic (exact) mass is 355 g/mol. The molecule has 2 N–H and O–H groups in total. The summed E-state index contributed by atoms with van der Waals surface area (Å²) in [6, 6.07) is 8.03. The van der Waals surface area contributed by atoms with Crippen LogP contribution in [0.5, 0.6) is 0 Å². The maximum Gasteiger partial charge on any atom is 0.0643 e. The van der Waals surface area contributed by atoms with Crippen LogP contribution in [0.25, 0.3) is 0 Å². The number of benzene rings is 1. The predicted octanol–water partition coefficient (Wildman–Crippen LogP) is 4.51. The molecule has 0 spiro atoms. The van der Waals surface area contributed by atoms with Gasteiger partial charge in [-0.15, -0.1) is 0 Å². The summed E-state index contributed by atoms with van der Waals surface area (Å²) in [7, 11) is 0. The first-order valence-electron chi connectivity index (χ1n) is 6.75. The molecule has 0 amide bonds. The molecule has 108 valence electrons. The molecule has 3 nitrogen and oxygen atoms in total. The van der Waals surface area contributed by atoms with Crippen LogP contribution < -0.4 is 5.73 Å². The Kier molecular flexibility index (Phi) is 5.24. The molecule has 0 bridgehead atoms. The average molecular weight is 357 g/mol. The zero-order valence-electron chi connectivity index (χ0n) is 11.7. The molecule has 1 heterocycles. The molecule has 2 aromatic rings. The van der Waals surface area contributed by atoms with E-state index >= 15 is 0 Å². The van der Waals surface area contributed by atoms with Gasteiger partial charge in [0.25, 0.3) is 0 Å².